The highest BCUT2D eigenvalue weighted by Gasteiger charge is 2.12. The Balaban J connectivity index is 1.78. The van der Waals surface area contributed by atoms with E-state index in [9.17, 15) is 0 Å². The zero-order valence-electron chi connectivity index (χ0n) is 11.3. The molecule has 100 valence electrons. The van der Waals surface area contributed by atoms with Crippen molar-refractivity contribution in [3.05, 3.63) is 29.6 Å². The van der Waals surface area contributed by atoms with Gasteiger partial charge in [-0.3, -0.25) is 4.98 Å². The number of pyridine rings is 1. The van der Waals surface area contributed by atoms with E-state index in [-0.39, 0.29) is 0 Å². The highest BCUT2D eigenvalue weighted by molar-refractivity contribution is 5.13. The predicted molar refractivity (Wildman–Crippen MR) is 73.3 cm³/mol. The molecule has 0 radical (unpaired) electrons. The Morgan fingerprint density at radius 3 is 2.61 bits per heavy atom. The number of nitrogens with one attached hydrogen (secondary N) is 1. The van der Waals surface area contributed by atoms with E-state index in [1.54, 1.807) is 0 Å². The van der Waals surface area contributed by atoms with Crippen LogP contribution in [0.25, 0.3) is 0 Å². The zero-order valence-corrected chi connectivity index (χ0v) is 11.3. The molecule has 0 spiro atoms. The molecule has 1 N–H and O–H groups in total. The molecule has 1 heterocycles. The third kappa shape index (κ3) is 4.39. The first kappa shape index (κ1) is 13.5. The van der Waals surface area contributed by atoms with Crippen molar-refractivity contribution < 1.29 is 4.74 Å². The smallest absolute Gasteiger partial charge is 0.0891 e. The van der Waals surface area contributed by atoms with Gasteiger partial charge in [0.05, 0.1) is 18.4 Å². The highest BCUT2D eigenvalue weighted by atomic mass is 16.5. The van der Waals surface area contributed by atoms with Crippen LogP contribution in [0.3, 0.4) is 0 Å². The molecular weight excluding hydrogens is 224 g/mol. The van der Waals surface area contributed by atoms with Crippen molar-refractivity contribution >= 4 is 0 Å². The van der Waals surface area contributed by atoms with Gasteiger partial charge in [-0.2, -0.15) is 0 Å². The van der Waals surface area contributed by atoms with Gasteiger partial charge in [0.15, 0.2) is 0 Å². The average molecular weight is 248 g/mol. The van der Waals surface area contributed by atoms with Gasteiger partial charge in [-0.15, -0.1) is 0 Å². The van der Waals surface area contributed by atoms with Gasteiger partial charge in [0, 0.05) is 12.7 Å². The lowest BCUT2D eigenvalue weighted by Gasteiger charge is -2.15. The van der Waals surface area contributed by atoms with E-state index in [4.69, 9.17) is 4.74 Å². The molecule has 1 aliphatic carbocycles. The third-order valence-electron chi connectivity index (χ3n) is 3.54. The van der Waals surface area contributed by atoms with Gasteiger partial charge in [-0.25, -0.2) is 0 Å². The van der Waals surface area contributed by atoms with Crippen LogP contribution in [0.4, 0.5) is 0 Å². The fourth-order valence-corrected chi connectivity index (χ4v) is 2.46. The summed E-state index contributed by atoms with van der Waals surface area (Å²) in [6.07, 6.45) is 10.2. The number of hydrogen-bond acceptors (Lipinski definition) is 3. The Bertz CT molecular complexity index is 329. The molecule has 1 aromatic rings. The summed E-state index contributed by atoms with van der Waals surface area (Å²) in [6.45, 7) is 1.53. The molecule has 18 heavy (non-hydrogen) atoms. The lowest BCUT2D eigenvalue weighted by Crippen LogP contribution is -2.12. The molecule has 3 nitrogen and oxygen atoms in total. The van der Waals surface area contributed by atoms with E-state index in [0.717, 1.165) is 12.2 Å². The Labute approximate surface area is 110 Å². The summed E-state index contributed by atoms with van der Waals surface area (Å²) >= 11 is 0. The fraction of sp³-hybridized carbons (Fsp3) is 0.667. The molecule has 0 bridgehead atoms. The van der Waals surface area contributed by atoms with Crippen molar-refractivity contribution in [2.45, 2.75) is 57.8 Å². The van der Waals surface area contributed by atoms with Crippen LogP contribution in [0.15, 0.2) is 18.3 Å². The molecule has 0 amide bonds. The van der Waals surface area contributed by atoms with E-state index in [0.29, 0.717) is 12.7 Å². The van der Waals surface area contributed by atoms with Crippen LogP contribution in [-0.4, -0.2) is 18.1 Å². The van der Waals surface area contributed by atoms with Gasteiger partial charge in [0.2, 0.25) is 0 Å². The predicted octanol–water partition coefficient (Wildman–Crippen LogP) is 3.04. The fourth-order valence-electron chi connectivity index (χ4n) is 2.46. The molecule has 2 rings (SSSR count). The minimum absolute atomic E-state index is 0.450. The molecular formula is C15H24N2O. The van der Waals surface area contributed by atoms with Gasteiger partial charge in [-0.1, -0.05) is 31.7 Å². The van der Waals surface area contributed by atoms with Gasteiger partial charge < -0.3 is 10.1 Å². The van der Waals surface area contributed by atoms with Crippen molar-refractivity contribution in [1.82, 2.24) is 10.3 Å². The summed E-state index contributed by atoms with van der Waals surface area (Å²) in [5.41, 5.74) is 2.26. The SMILES string of the molecule is CNCc1ccc(COC2CCCCCC2)nc1. The van der Waals surface area contributed by atoms with E-state index in [2.05, 4.69) is 22.4 Å². The number of ether oxygens (including phenoxy) is 1. The summed E-state index contributed by atoms with van der Waals surface area (Å²) in [5.74, 6) is 0. The summed E-state index contributed by atoms with van der Waals surface area (Å²) in [5, 5.41) is 3.12. The Hall–Kier alpha value is -0.930. The Morgan fingerprint density at radius 2 is 2.00 bits per heavy atom. The number of rotatable bonds is 5. The molecule has 1 aliphatic rings. The van der Waals surface area contributed by atoms with Crippen LogP contribution in [0.5, 0.6) is 0 Å². The quantitative estimate of drug-likeness (QED) is 0.813. The zero-order chi connectivity index (χ0) is 12.6. The van der Waals surface area contributed by atoms with Crippen molar-refractivity contribution in [2.24, 2.45) is 0 Å². The molecule has 1 fully saturated rings. The number of hydrogen-bond donors (Lipinski definition) is 1. The maximum absolute atomic E-state index is 5.97. The molecule has 1 aromatic heterocycles. The number of nitrogens with zero attached hydrogens (tertiary/aromatic N) is 1. The lowest BCUT2D eigenvalue weighted by molar-refractivity contribution is 0.0292. The molecule has 3 heteroatoms. The first-order chi connectivity index (χ1) is 8.88. The summed E-state index contributed by atoms with van der Waals surface area (Å²) in [4.78, 5) is 4.44. The molecule has 1 saturated carbocycles. The summed E-state index contributed by atoms with van der Waals surface area (Å²) in [7, 11) is 1.95. The molecule has 0 aliphatic heterocycles. The lowest BCUT2D eigenvalue weighted by atomic mass is 10.1. The van der Waals surface area contributed by atoms with Gasteiger partial charge in [0.1, 0.15) is 0 Å². The van der Waals surface area contributed by atoms with Crippen LogP contribution >= 0.6 is 0 Å². The van der Waals surface area contributed by atoms with Crippen LogP contribution < -0.4 is 5.32 Å². The van der Waals surface area contributed by atoms with E-state index in [1.807, 2.05) is 13.2 Å². The third-order valence-corrected chi connectivity index (χ3v) is 3.54. The van der Waals surface area contributed by atoms with Crippen molar-refractivity contribution in [1.29, 1.82) is 0 Å². The van der Waals surface area contributed by atoms with Gasteiger partial charge in [-0.05, 0) is 31.5 Å². The second-order valence-corrected chi connectivity index (χ2v) is 5.11. The monoisotopic (exact) mass is 248 g/mol. The van der Waals surface area contributed by atoms with Crippen LogP contribution in [-0.2, 0) is 17.9 Å². The van der Waals surface area contributed by atoms with Crippen molar-refractivity contribution in [2.75, 3.05) is 7.05 Å². The first-order valence-corrected chi connectivity index (χ1v) is 7.08. The van der Waals surface area contributed by atoms with Crippen molar-refractivity contribution in [3.63, 3.8) is 0 Å². The number of aromatic nitrogens is 1. The van der Waals surface area contributed by atoms with E-state index in [1.165, 1.54) is 44.1 Å². The van der Waals surface area contributed by atoms with Crippen LogP contribution in [0.2, 0.25) is 0 Å². The van der Waals surface area contributed by atoms with Crippen LogP contribution in [0, 0.1) is 0 Å². The minimum Gasteiger partial charge on any atom is -0.372 e. The Kier molecular flexibility index (Phi) is 5.62. The van der Waals surface area contributed by atoms with E-state index >= 15 is 0 Å². The molecule has 0 aromatic carbocycles. The summed E-state index contributed by atoms with van der Waals surface area (Å²) in [6, 6.07) is 4.19. The maximum Gasteiger partial charge on any atom is 0.0891 e. The maximum atomic E-state index is 5.97. The van der Waals surface area contributed by atoms with Crippen molar-refractivity contribution in [3.8, 4) is 0 Å². The van der Waals surface area contributed by atoms with Crippen LogP contribution in [0.1, 0.15) is 49.8 Å². The summed E-state index contributed by atoms with van der Waals surface area (Å²) < 4.78 is 5.97. The molecule has 0 unspecified atom stereocenters. The second kappa shape index (κ2) is 7.49. The van der Waals surface area contributed by atoms with E-state index < -0.39 is 0 Å². The standard InChI is InChI=1S/C15H24N2O/c1-16-10-13-8-9-14(17-11-13)12-18-15-6-4-2-3-5-7-15/h8-9,11,15-16H,2-7,10,12H2,1H3. The van der Waals surface area contributed by atoms with Gasteiger partial charge in [0.25, 0.3) is 0 Å². The van der Waals surface area contributed by atoms with Gasteiger partial charge >= 0.3 is 0 Å². The first-order valence-electron chi connectivity index (χ1n) is 7.08. The average Bonchev–Trinajstić information content (AvgIpc) is 2.67. The molecule has 0 atom stereocenters. The largest absolute Gasteiger partial charge is 0.372 e. The Morgan fingerprint density at radius 1 is 1.22 bits per heavy atom. The minimum atomic E-state index is 0.450. The second-order valence-electron chi connectivity index (χ2n) is 5.11. The highest BCUT2D eigenvalue weighted by Crippen LogP contribution is 2.20. The topological polar surface area (TPSA) is 34.1 Å². The molecule has 0 saturated heterocycles. The normalized spacial score (nSPS) is 17.6.